The smallest absolute Gasteiger partial charge is 0.387 e. The number of rotatable bonds is 10. The molecule has 1 amide bonds. The summed E-state index contributed by atoms with van der Waals surface area (Å²) in [7, 11) is 5.82. The Balaban J connectivity index is 1.28. The van der Waals surface area contributed by atoms with Crippen LogP contribution >= 0.6 is 0 Å². The number of likely N-dealkylation sites (N-methyl/N-ethyl adjacent to an activating group) is 1. The van der Waals surface area contributed by atoms with Crippen molar-refractivity contribution in [3.8, 4) is 28.5 Å². The normalized spacial score (nSPS) is 14.8. The number of nitrogens with zero attached hydrogens (tertiary/aromatic N) is 7. The van der Waals surface area contributed by atoms with Crippen LogP contribution in [0.5, 0.6) is 17.2 Å². The number of benzene rings is 2. The Morgan fingerprint density at radius 3 is 2.76 bits per heavy atom. The molecule has 13 heteroatoms. The SMILES string of the molecule is C=C(c1cccc(Oc2ccc(OC(F)F)c(-c3nn(C)cc3NC(=O)c3cnn4cccnc34)c2)c1)N1CC[C@H](N(C)C)C1. The molecule has 5 aromatic rings. The molecule has 3 aromatic heterocycles. The Labute approximate surface area is 258 Å². The minimum Gasteiger partial charge on any atom is -0.457 e. The zero-order chi connectivity index (χ0) is 31.7. The van der Waals surface area contributed by atoms with E-state index >= 15 is 0 Å². The number of hydrogen-bond acceptors (Lipinski definition) is 8. The van der Waals surface area contributed by atoms with Crippen LogP contribution in [0.1, 0.15) is 22.3 Å². The van der Waals surface area contributed by atoms with Gasteiger partial charge in [-0.05, 0) is 56.9 Å². The maximum Gasteiger partial charge on any atom is 0.387 e. The van der Waals surface area contributed by atoms with E-state index in [2.05, 4.69) is 51.0 Å². The van der Waals surface area contributed by atoms with E-state index in [1.165, 1.54) is 27.5 Å². The van der Waals surface area contributed by atoms with Crippen LogP contribution in [-0.2, 0) is 7.05 Å². The number of fused-ring (bicyclic) bond motifs is 1. The number of anilines is 1. The number of halogens is 2. The molecule has 1 aliphatic heterocycles. The van der Waals surface area contributed by atoms with Gasteiger partial charge in [0.25, 0.3) is 5.91 Å². The molecule has 1 fully saturated rings. The van der Waals surface area contributed by atoms with Crippen LogP contribution < -0.4 is 14.8 Å². The predicted molar refractivity (Wildman–Crippen MR) is 165 cm³/mol. The zero-order valence-corrected chi connectivity index (χ0v) is 25.0. The molecule has 1 N–H and O–H groups in total. The molecule has 0 spiro atoms. The molecule has 1 aliphatic rings. The summed E-state index contributed by atoms with van der Waals surface area (Å²) in [6.45, 7) is 3.05. The van der Waals surface area contributed by atoms with Crippen molar-refractivity contribution >= 4 is 22.9 Å². The molecule has 0 bridgehead atoms. The van der Waals surface area contributed by atoms with Gasteiger partial charge in [-0.2, -0.15) is 19.0 Å². The molecule has 2 aromatic carbocycles. The molecule has 6 rings (SSSR count). The first-order valence-corrected chi connectivity index (χ1v) is 14.3. The summed E-state index contributed by atoms with van der Waals surface area (Å²) >= 11 is 0. The van der Waals surface area contributed by atoms with Gasteiger partial charge in [0.1, 0.15) is 28.5 Å². The van der Waals surface area contributed by atoms with Crippen LogP contribution in [0.2, 0.25) is 0 Å². The van der Waals surface area contributed by atoms with Gasteiger partial charge < -0.3 is 24.6 Å². The van der Waals surface area contributed by atoms with E-state index in [1.807, 2.05) is 24.3 Å². The largest absolute Gasteiger partial charge is 0.457 e. The quantitative estimate of drug-likeness (QED) is 0.224. The van der Waals surface area contributed by atoms with E-state index in [0.717, 1.165) is 30.8 Å². The fourth-order valence-electron chi connectivity index (χ4n) is 5.38. The molecule has 0 unspecified atom stereocenters. The lowest BCUT2D eigenvalue weighted by Gasteiger charge is -2.24. The lowest BCUT2D eigenvalue weighted by molar-refractivity contribution is -0.0494. The van der Waals surface area contributed by atoms with E-state index in [1.54, 1.807) is 37.8 Å². The maximum atomic E-state index is 13.5. The number of amides is 1. The molecular weight excluding hydrogens is 582 g/mol. The Kier molecular flexibility index (Phi) is 8.18. The number of carbonyl (C=O) groups is 1. The van der Waals surface area contributed by atoms with Crippen LogP contribution in [0.25, 0.3) is 22.6 Å². The lowest BCUT2D eigenvalue weighted by Crippen LogP contribution is -2.30. The summed E-state index contributed by atoms with van der Waals surface area (Å²) in [6, 6.07) is 14.2. The number of likely N-dealkylation sites (tertiary alicyclic amines) is 1. The second-order valence-corrected chi connectivity index (χ2v) is 10.9. The maximum absolute atomic E-state index is 13.5. The van der Waals surface area contributed by atoms with Gasteiger partial charge in [-0.25, -0.2) is 9.50 Å². The Bertz CT molecular complexity index is 1870. The summed E-state index contributed by atoms with van der Waals surface area (Å²) in [5.74, 6) is 0.281. The highest BCUT2D eigenvalue weighted by molar-refractivity contribution is 6.09. The third-order valence-electron chi connectivity index (χ3n) is 7.70. The van der Waals surface area contributed by atoms with Gasteiger partial charge in [0.05, 0.1) is 17.4 Å². The van der Waals surface area contributed by atoms with E-state index < -0.39 is 12.5 Å². The summed E-state index contributed by atoms with van der Waals surface area (Å²) in [5.41, 5.74) is 3.11. The van der Waals surface area contributed by atoms with Crippen molar-refractivity contribution in [3.63, 3.8) is 0 Å². The molecule has 45 heavy (non-hydrogen) atoms. The van der Waals surface area contributed by atoms with E-state index in [9.17, 15) is 13.6 Å². The monoisotopic (exact) mass is 614 g/mol. The van der Waals surface area contributed by atoms with Crippen molar-refractivity contribution in [1.29, 1.82) is 0 Å². The van der Waals surface area contributed by atoms with Crippen molar-refractivity contribution in [2.75, 3.05) is 32.5 Å². The van der Waals surface area contributed by atoms with Crippen molar-refractivity contribution in [2.45, 2.75) is 19.1 Å². The van der Waals surface area contributed by atoms with Crippen molar-refractivity contribution in [3.05, 3.63) is 91.0 Å². The summed E-state index contributed by atoms with van der Waals surface area (Å²) in [6.07, 6.45) is 7.26. The second kappa shape index (κ2) is 12.4. The Hall–Kier alpha value is -5.30. The summed E-state index contributed by atoms with van der Waals surface area (Å²) < 4.78 is 40.9. The number of nitrogens with one attached hydrogen (secondary N) is 1. The molecule has 1 saturated heterocycles. The van der Waals surface area contributed by atoms with Gasteiger partial charge in [0.2, 0.25) is 0 Å². The highest BCUT2D eigenvalue weighted by atomic mass is 19.3. The molecule has 232 valence electrons. The second-order valence-electron chi connectivity index (χ2n) is 10.9. The fraction of sp³-hybridized carbons (Fsp3) is 0.250. The fourth-order valence-corrected chi connectivity index (χ4v) is 5.38. The van der Waals surface area contributed by atoms with Crippen molar-refractivity contribution in [1.82, 2.24) is 34.2 Å². The number of carbonyl (C=O) groups excluding carboxylic acids is 1. The molecule has 0 aliphatic carbocycles. The average molecular weight is 615 g/mol. The summed E-state index contributed by atoms with van der Waals surface area (Å²) in [5, 5.41) is 11.4. The predicted octanol–water partition coefficient (Wildman–Crippen LogP) is 5.38. The Morgan fingerprint density at radius 1 is 1.16 bits per heavy atom. The molecular formula is C32H32F2N8O3. The molecule has 4 heterocycles. The number of aryl methyl sites for hydroxylation is 1. The number of alkyl halides is 2. The highest BCUT2D eigenvalue weighted by Crippen LogP contribution is 2.39. The Morgan fingerprint density at radius 2 is 1.98 bits per heavy atom. The number of aromatic nitrogens is 5. The average Bonchev–Trinajstić information content (AvgIpc) is 3.76. The topological polar surface area (TPSA) is 102 Å². The minimum atomic E-state index is -3.08. The van der Waals surface area contributed by atoms with E-state index in [0.29, 0.717) is 23.2 Å². The minimum absolute atomic E-state index is 0.129. The van der Waals surface area contributed by atoms with Crippen LogP contribution in [0.4, 0.5) is 14.5 Å². The molecule has 0 saturated carbocycles. The van der Waals surface area contributed by atoms with Gasteiger partial charge in [0.15, 0.2) is 5.65 Å². The van der Waals surface area contributed by atoms with Gasteiger partial charge in [-0.15, -0.1) is 0 Å². The first-order chi connectivity index (χ1) is 21.7. The molecule has 1 atom stereocenters. The lowest BCUT2D eigenvalue weighted by atomic mass is 10.1. The molecule has 11 nitrogen and oxygen atoms in total. The van der Waals surface area contributed by atoms with Gasteiger partial charge >= 0.3 is 6.61 Å². The van der Waals surface area contributed by atoms with Gasteiger partial charge in [-0.1, -0.05) is 18.7 Å². The van der Waals surface area contributed by atoms with Crippen LogP contribution in [0.15, 0.2) is 79.9 Å². The highest BCUT2D eigenvalue weighted by Gasteiger charge is 2.26. The standard InChI is InChI=1S/C32H32F2N8O3/c1-20(41-14-11-22(18-41)39(2)3)21-7-5-8-23(15-21)44-24-9-10-28(45-32(33)34)25(16-24)29-27(19-40(4)38-29)37-31(43)26-17-36-42-13-6-12-35-30(26)42/h5-10,12-13,15-17,19,22,32H,1,11,14,18H2,2-4H3,(H,37,43)/t22-/m0/s1. The first kappa shape index (κ1) is 29.8. The van der Waals surface area contributed by atoms with Gasteiger partial charge in [-0.3, -0.25) is 9.48 Å². The van der Waals surface area contributed by atoms with Crippen molar-refractivity contribution < 1.29 is 23.0 Å². The number of hydrogen-bond donors (Lipinski definition) is 1. The van der Waals surface area contributed by atoms with Crippen LogP contribution in [0, 0.1) is 0 Å². The van der Waals surface area contributed by atoms with Crippen LogP contribution in [-0.4, -0.2) is 79.9 Å². The van der Waals surface area contributed by atoms with E-state index in [-0.39, 0.29) is 28.3 Å². The van der Waals surface area contributed by atoms with Crippen molar-refractivity contribution in [2.24, 2.45) is 7.05 Å². The van der Waals surface area contributed by atoms with Crippen LogP contribution in [0.3, 0.4) is 0 Å². The zero-order valence-electron chi connectivity index (χ0n) is 25.0. The molecule has 0 radical (unpaired) electrons. The summed E-state index contributed by atoms with van der Waals surface area (Å²) in [4.78, 5) is 22.0. The van der Waals surface area contributed by atoms with E-state index in [4.69, 9.17) is 9.47 Å². The number of ether oxygens (including phenoxy) is 2. The van der Waals surface area contributed by atoms with Gasteiger partial charge in [0, 0.05) is 56.0 Å². The third-order valence-corrected chi connectivity index (χ3v) is 7.70. The first-order valence-electron chi connectivity index (χ1n) is 14.3. The third kappa shape index (κ3) is 6.34.